The number of likely N-dealkylation sites (N-methyl/N-ethyl adjacent to an activating group) is 1. The molecule has 0 saturated heterocycles. The van der Waals surface area contributed by atoms with E-state index < -0.39 is 12.6 Å². The molecule has 0 atom stereocenters. The van der Waals surface area contributed by atoms with E-state index in [9.17, 15) is 14.4 Å². The van der Waals surface area contributed by atoms with Crippen LogP contribution in [-0.2, 0) is 27.3 Å². The summed E-state index contributed by atoms with van der Waals surface area (Å²) >= 11 is 3.46. The monoisotopic (exact) mass is 494 g/mol. The maximum Gasteiger partial charge on any atom is 0.340 e. The van der Waals surface area contributed by atoms with Crippen molar-refractivity contribution in [2.75, 3.05) is 19.0 Å². The van der Waals surface area contributed by atoms with E-state index in [1.807, 2.05) is 54.6 Å². The number of amides is 2. The van der Waals surface area contributed by atoms with Gasteiger partial charge >= 0.3 is 5.97 Å². The van der Waals surface area contributed by atoms with Crippen molar-refractivity contribution in [3.8, 4) is 0 Å². The van der Waals surface area contributed by atoms with E-state index in [1.165, 1.54) is 4.90 Å². The summed E-state index contributed by atoms with van der Waals surface area (Å²) in [6, 6.07) is 23.5. The molecule has 1 N–H and O–H groups in total. The normalized spacial score (nSPS) is 10.3. The lowest BCUT2D eigenvalue weighted by Crippen LogP contribution is -2.31. The van der Waals surface area contributed by atoms with Crippen LogP contribution in [0.15, 0.2) is 83.3 Å². The van der Waals surface area contributed by atoms with Crippen LogP contribution in [0.2, 0.25) is 0 Å². The zero-order valence-electron chi connectivity index (χ0n) is 17.6. The Kier molecular flexibility index (Phi) is 8.16. The molecule has 0 aliphatic rings. The molecule has 0 fully saturated rings. The number of halogens is 1. The number of benzene rings is 3. The fourth-order valence-electron chi connectivity index (χ4n) is 3.03. The molecule has 32 heavy (non-hydrogen) atoms. The topological polar surface area (TPSA) is 75.7 Å². The Balaban J connectivity index is 1.57. The van der Waals surface area contributed by atoms with Gasteiger partial charge in [0.25, 0.3) is 5.91 Å². The number of hydrogen-bond donors (Lipinski definition) is 1. The first-order chi connectivity index (χ1) is 15.4. The van der Waals surface area contributed by atoms with Crippen LogP contribution in [0.5, 0.6) is 0 Å². The largest absolute Gasteiger partial charge is 0.452 e. The second-order valence-electron chi connectivity index (χ2n) is 7.17. The number of nitrogens with zero attached hydrogens (tertiary/aromatic N) is 1. The summed E-state index contributed by atoms with van der Waals surface area (Å²) in [6.45, 7) is -0.0178. The van der Waals surface area contributed by atoms with Crippen molar-refractivity contribution in [1.29, 1.82) is 0 Å². The van der Waals surface area contributed by atoms with Gasteiger partial charge in [0.2, 0.25) is 5.91 Å². The Morgan fingerprint density at radius 2 is 1.56 bits per heavy atom. The van der Waals surface area contributed by atoms with Crippen molar-refractivity contribution in [3.63, 3.8) is 0 Å². The zero-order chi connectivity index (χ0) is 22.9. The molecule has 0 spiro atoms. The van der Waals surface area contributed by atoms with Gasteiger partial charge in [-0.25, -0.2) is 4.79 Å². The van der Waals surface area contributed by atoms with Crippen molar-refractivity contribution >= 4 is 39.4 Å². The van der Waals surface area contributed by atoms with Crippen LogP contribution in [0.1, 0.15) is 21.5 Å². The summed E-state index contributed by atoms with van der Waals surface area (Å²) in [5.74, 6) is -1.26. The Morgan fingerprint density at radius 3 is 2.31 bits per heavy atom. The average Bonchev–Trinajstić information content (AvgIpc) is 2.79. The van der Waals surface area contributed by atoms with Gasteiger partial charge in [0.15, 0.2) is 6.61 Å². The molecule has 0 aliphatic carbocycles. The van der Waals surface area contributed by atoms with Crippen LogP contribution in [0.3, 0.4) is 0 Å². The van der Waals surface area contributed by atoms with Gasteiger partial charge in [-0.3, -0.25) is 9.59 Å². The maximum absolute atomic E-state index is 12.6. The van der Waals surface area contributed by atoms with Crippen molar-refractivity contribution in [2.24, 2.45) is 0 Å². The average molecular weight is 495 g/mol. The third-order valence-electron chi connectivity index (χ3n) is 4.75. The van der Waals surface area contributed by atoms with E-state index in [-0.39, 0.29) is 23.8 Å². The smallest absolute Gasteiger partial charge is 0.340 e. The molecule has 0 aliphatic heterocycles. The molecule has 164 valence electrons. The SMILES string of the molecule is CN(Cc1ccccc1Br)C(=O)COC(=O)c1ccccc1NC(=O)Cc1ccccc1. The van der Waals surface area contributed by atoms with E-state index in [0.717, 1.165) is 15.6 Å². The quantitative estimate of drug-likeness (QED) is 0.469. The summed E-state index contributed by atoms with van der Waals surface area (Å²) in [6.07, 6.45) is 0.183. The minimum atomic E-state index is -0.678. The lowest BCUT2D eigenvalue weighted by molar-refractivity contribution is -0.133. The highest BCUT2D eigenvalue weighted by Gasteiger charge is 2.18. The van der Waals surface area contributed by atoms with Crippen LogP contribution in [0, 0.1) is 0 Å². The highest BCUT2D eigenvalue weighted by molar-refractivity contribution is 9.10. The van der Waals surface area contributed by atoms with E-state index >= 15 is 0 Å². The summed E-state index contributed by atoms with van der Waals surface area (Å²) in [4.78, 5) is 38.9. The standard InChI is InChI=1S/C25H23BrN2O4/c1-28(16-19-11-5-7-13-21(19)26)24(30)17-32-25(31)20-12-6-8-14-22(20)27-23(29)15-18-9-3-2-4-10-18/h2-14H,15-17H2,1H3,(H,27,29). The van der Waals surface area contributed by atoms with Gasteiger partial charge < -0.3 is 15.0 Å². The molecule has 0 heterocycles. The lowest BCUT2D eigenvalue weighted by Gasteiger charge is -2.18. The lowest BCUT2D eigenvalue weighted by atomic mass is 10.1. The van der Waals surface area contributed by atoms with Crippen molar-refractivity contribution in [1.82, 2.24) is 4.90 Å². The Morgan fingerprint density at radius 1 is 0.906 bits per heavy atom. The van der Waals surface area contributed by atoms with Gasteiger partial charge in [-0.2, -0.15) is 0 Å². The second-order valence-corrected chi connectivity index (χ2v) is 8.03. The first-order valence-corrected chi connectivity index (χ1v) is 10.8. The summed E-state index contributed by atoms with van der Waals surface area (Å²) in [5, 5.41) is 2.75. The number of carbonyl (C=O) groups excluding carboxylic acids is 3. The molecule has 0 bridgehead atoms. The highest BCUT2D eigenvalue weighted by Crippen LogP contribution is 2.19. The Hall–Kier alpha value is -3.45. The Bertz CT molecular complexity index is 1100. The molecule has 6 nitrogen and oxygen atoms in total. The number of nitrogens with one attached hydrogen (secondary N) is 1. The molecule has 0 radical (unpaired) electrons. The van der Waals surface area contributed by atoms with E-state index in [2.05, 4.69) is 21.2 Å². The number of hydrogen-bond acceptors (Lipinski definition) is 4. The molecule has 7 heteroatoms. The van der Waals surface area contributed by atoms with Crippen LogP contribution in [-0.4, -0.2) is 36.3 Å². The number of rotatable bonds is 8. The zero-order valence-corrected chi connectivity index (χ0v) is 19.2. The fraction of sp³-hybridized carbons (Fsp3) is 0.160. The summed E-state index contributed by atoms with van der Waals surface area (Å²) in [5.41, 5.74) is 2.34. The van der Waals surface area contributed by atoms with Crippen LogP contribution < -0.4 is 5.32 Å². The number of para-hydroxylation sites is 1. The first-order valence-electron chi connectivity index (χ1n) is 10.0. The van der Waals surface area contributed by atoms with E-state index in [0.29, 0.717) is 12.2 Å². The van der Waals surface area contributed by atoms with Gasteiger partial charge in [0, 0.05) is 18.1 Å². The number of ether oxygens (including phenoxy) is 1. The molecule has 0 saturated carbocycles. The molecular formula is C25H23BrN2O4. The molecule has 2 amide bonds. The minimum Gasteiger partial charge on any atom is -0.452 e. The molecule has 3 aromatic rings. The van der Waals surface area contributed by atoms with E-state index in [4.69, 9.17) is 4.74 Å². The number of anilines is 1. The number of carbonyl (C=O) groups is 3. The molecule has 0 aromatic heterocycles. The fourth-order valence-corrected chi connectivity index (χ4v) is 3.44. The predicted molar refractivity (Wildman–Crippen MR) is 126 cm³/mol. The minimum absolute atomic E-state index is 0.183. The first kappa shape index (κ1) is 23.2. The van der Waals surface area contributed by atoms with Crippen LogP contribution in [0.25, 0.3) is 0 Å². The summed E-state index contributed by atoms with van der Waals surface area (Å²) < 4.78 is 6.13. The molecule has 3 rings (SSSR count). The predicted octanol–water partition coefficient (Wildman–Crippen LogP) is 4.45. The van der Waals surface area contributed by atoms with Crippen LogP contribution in [0.4, 0.5) is 5.69 Å². The molecule has 0 unspecified atom stereocenters. The maximum atomic E-state index is 12.6. The van der Waals surface area contributed by atoms with Gasteiger partial charge in [-0.1, -0.05) is 76.6 Å². The third-order valence-corrected chi connectivity index (χ3v) is 5.52. The molecule has 3 aromatic carbocycles. The van der Waals surface area contributed by atoms with Gasteiger partial charge in [-0.05, 0) is 29.3 Å². The summed E-state index contributed by atoms with van der Waals surface area (Å²) in [7, 11) is 1.65. The van der Waals surface area contributed by atoms with Crippen LogP contribution >= 0.6 is 15.9 Å². The third kappa shape index (κ3) is 6.52. The van der Waals surface area contributed by atoms with Gasteiger partial charge in [0.1, 0.15) is 0 Å². The second kappa shape index (κ2) is 11.2. The van der Waals surface area contributed by atoms with Gasteiger partial charge in [0.05, 0.1) is 17.7 Å². The van der Waals surface area contributed by atoms with E-state index in [1.54, 1.807) is 31.3 Å². The molecular weight excluding hydrogens is 472 g/mol. The van der Waals surface area contributed by atoms with Crippen molar-refractivity contribution < 1.29 is 19.1 Å². The van der Waals surface area contributed by atoms with Gasteiger partial charge in [-0.15, -0.1) is 0 Å². The Labute approximate surface area is 195 Å². The van der Waals surface area contributed by atoms with Crippen molar-refractivity contribution in [3.05, 3.63) is 100 Å². The van der Waals surface area contributed by atoms with Crippen molar-refractivity contribution in [2.45, 2.75) is 13.0 Å². The number of esters is 1. The highest BCUT2D eigenvalue weighted by atomic mass is 79.9.